The molecule has 0 atom stereocenters. The summed E-state index contributed by atoms with van der Waals surface area (Å²) in [6, 6.07) is 3.50. The fourth-order valence-electron chi connectivity index (χ4n) is 0.921. The van der Waals surface area contributed by atoms with Gasteiger partial charge in [-0.3, -0.25) is 9.78 Å². The summed E-state index contributed by atoms with van der Waals surface area (Å²) in [6.07, 6.45) is 4.47. The molecule has 0 aliphatic heterocycles. The summed E-state index contributed by atoms with van der Waals surface area (Å²) in [5, 5.41) is 2.74. The van der Waals surface area contributed by atoms with Crippen LogP contribution in [-0.2, 0) is 4.79 Å². The highest BCUT2D eigenvalue weighted by atomic mass is 35.5. The first kappa shape index (κ1) is 12.9. The highest BCUT2D eigenvalue weighted by molar-refractivity contribution is 5.90. The van der Waals surface area contributed by atoms with Gasteiger partial charge in [-0.2, -0.15) is 0 Å². The molecule has 1 aromatic rings. The fourth-order valence-corrected chi connectivity index (χ4v) is 0.921. The van der Waals surface area contributed by atoms with Gasteiger partial charge >= 0.3 is 0 Å². The number of rotatable bonds is 4. The van der Waals surface area contributed by atoms with Crippen molar-refractivity contribution in [3.05, 3.63) is 24.5 Å². The molecule has 0 unspecified atom stereocenters. The number of pyridine rings is 1. The van der Waals surface area contributed by atoms with Gasteiger partial charge in [-0.25, -0.2) is 0 Å². The molecule has 0 saturated heterocycles. The number of anilines is 1. The van der Waals surface area contributed by atoms with E-state index in [1.807, 2.05) is 0 Å². The molecular formula is C9H14ClN3O. The molecule has 1 heterocycles. The average molecular weight is 216 g/mol. The summed E-state index contributed by atoms with van der Waals surface area (Å²) < 4.78 is 0. The van der Waals surface area contributed by atoms with Crippen LogP contribution >= 0.6 is 12.4 Å². The van der Waals surface area contributed by atoms with Gasteiger partial charge < -0.3 is 11.1 Å². The third-order valence-electron chi connectivity index (χ3n) is 1.57. The Morgan fingerprint density at radius 3 is 2.64 bits per heavy atom. The molecule has 1 rings (SSSR count). The van der Waals surface area contributed by atoms with Crippen LogP contribution in [-0.4, -0.2) is 17.4 Å². The minimum Gasteiger partial charge on any atom is -0.330 e. The minimum atomic E-state index is -0.00310. The maximum Gasteiger partial charge on any atom is 0.224 e. The van der Waals surface area contributed by atoms with Gasteiger partial charge in [-0.1, -0.05) is 0 Å². The lowest BCUT2D eigenvalue weighted by molar-refractivity contribution is -0.116. The van der Waals surface area contributed by atoms with Crippen LogP contribution < -0.4 is 11.1 Å². The monoisotopic (exact) mass is 215 g/mol. The highest BCUT2D eigenvalue weighted by Crippen LogP contribution is 2.03. The van der Waals surface area contributed by atoms with Crippen molar-refractivity contribution in [2.24, 2.45) is 5.73 Å². The molecule has 78 valence electrons. The molecule has 0 aliphatic carbocycles. The van der Waals surface area contributed by atoms with E-state index >= 15 is 0 Å². The SMILES string of the molecule is Cl.NCCCC(=O)Nc1ccncc1. The Bertz CT molecular complexity index is 266. The van der Waals surface area contributed by atoms with Gasteiger partial charge in [0.05, 0.1) is 0 Å². The van der Waals surface area contributed by atoms with E-state index in [1.54, 1.807) is 24.5 Å². The third-order valence-corrected chi connectivity index (χ3v) is 1.57. The second kappa shape index (κ2) is 7.29. The topological polar surface area (TPSA) is 68.0 Å². The first-order chi connectivity index (χ1) is 6.33. The number of nitrogens with zero attached hydrogens (tertiary/aromatic N) is 1. The summed E-state index contributed by atoms with van der Waals surface area (Å²) in [5.74, 6) is -0.00310. The standard InChI is InChI=1S/C9H13N3O.ClH/c10-5-1-2-9(13)12-8-3-6-11-7-4-8;/h3-4,6-7H,1-2,5,10H2,(H,11,12,13);1H. The molecule has 3 N–H and O–H groups in total. The van der Waals surface area contributed by atoms with Gasteiger partial charge in [0.25, 0.3) is 0 Å². The van der Waals surface area contributed by atoms with Gasteiger partial charge in [0, 0.05) is 24.5 Å². The Labute approximate surface area is 89.3 Å². The van der Waals surface area contributed by atoms with Crippen LogP contribution in [0.3, 0.4) is 0 Å². The molecule has 0 aliphatic rings. The van der Waals surface area contributed by atoms with E-state index in [0.29, 0.717) is 13.0 Å². The van der Waals surface area contributed by atoms with Crippen molar-refractivity contribution in [1.82, 2.24) is 4.98 Å². The quantitative estimate of drug-likeness (QED) is 0.793. The largest absolute Gasteiger partial charge is 0.330 e. The molecular weight excluding hydrogens is 202 g/mol. The lowest BCUT2D eigenvalue weighted by Gasteiger charge is -2.02. The summed E-state index contributed by atoms with van der Waals surface area (Å²) >= 11 is 0. The van der Waals surface area contributed by atoms with Crippen molar-refractivity contribution < 1.29 is 4.79 Å². The average Bonchev–Trinajstić information content (AvgIpc) is 2.16. The van der Waals surface area contributed by atoms with Crippen LogP contribution in [0.25, 0.3) is 0 Å². The number of amides is 1. The maximum absolute atomic E-state index is 11.2. The van der Waals surface area contributed by atoms with Crippen molar-refractivity contribution >= 4 is 24.0 Å². The second-order valence-electron chi connectivity index (χ2n) is 2.68. The predicted octanol–water partition coefficient (Wildman–Crippen LogP) is 1.18. The third kappa shape index (κ3) is 4.79. The van der Waals surface area contributed by atoms with Crippen LogP contribution in [0.15, 0.2) is 24.5 Å². The molecule has 0 saturated carbocycles. The zero-order chi connectivity index (χ0) is 9.52. The van der Waals surface area contributed by atoms with Crippen LogP contribution in [0.4, 0.5) is 5.69 Å². The van der Waals surface area contributed by atoms with E-state index in [1.165, 1.54) is 0 Å². The van der Waals surface area contributed by atoms with Gasteiger partial charge in [-0.05, 0) is 25.1 Å². The number of nitrogens with two attached hydrogens (primary N) is 1. The van der Waals surface area contributed by atoms with Crippen molar-refractivity contribution in [2.45, 2.75) is 12.8 Å². The number of aromatic nitrogens is 1. The van der Waals surface area contributed by atoms with Gasteiger partial charge in [0.15, 0.2) is 0 Å². The van der Waals surface area contributed by atoms with E-state index in [4.69, 9.17) is 5.73 Å². The molecule has 0 bridgehead atoms. The summed E-state index contributed by atoms with van der Waals surface area (Å²) in [7, 11) is 0. The van der Waals surface area contributed by atoms with E-state index < -0.39 is 0 Å². The Balaban J connectivity index is 0.00000169. The Hall–Kier alpha value is -1.13. The van der Waals surface area contributed by atoms with E-state index in [0.717, 1.165) is 12.1 Å². The van der Waals surface area contributed by atoms with Gasteiger partial charge in [0.2, 0.25) is 5.91 Å². The molecule has 1 amide bonds. The zero-order valence-electron chi connectivity index (χ0n) is 7.77. The molecule has 0 fully saturated rings. The van der Waals surface area contributed by atoms with Crippen molar-refractivity contribution in [3.63, 3.8) is 0 Å². The predicted molar refractivity (Wildman–Crippen MR) is 58.4 cm³/mol. The van der Waals surface area contributed by atoms with Crippen LogP contribution in [0, 0.1) is 0 Å². The summed E-state index contributed by atoms with van der Waals surface area (Å²) in [6.45, 7) is 0.545. The van der Waals surface area contributed by atoms with Gasteiger partial charge in [-0.15, -0.1) is 12.4 Å². The van der Waals surface area contributed by atoms with Crippen molar-refractivity contribution in [3.8, 4) is 0 Å². The smallest absolute Gasteiger partial charge is 0.224 e. The molecule has 5 heteroatoms. The maximum atomic E-state index is 11.2. The Morgan fingerprint density at radius 2 is 2.07 bits per heavy atom. The van der Waals surface area contributed by atoms with Gasteiger partial charge in [0.1, 0.15) is 0 Å². The lowest BCUT2D eigenvalue weighted by Crippen LogP contribution is -2.13. The first-order valence-electron chi connectivity index (χ1n) is 4.23. The minimum absolute atomic E-state index is 0. The summed E-state index contributed by atoms with van der Waals surface area (Å²) in [5.41, 5.74) is 6.06. The lowest BCUT2D eigenvalue weighted by atomic mass is 10.3. The number of carbonyl (C=O) groups is 1. The normalized spacial score (nSPS) is 8.93. The number of hydrogen-bond donors (Lipinski definition) is 2. The van der Waals surface area contributed by atoms with Crippen LogP contribution in [0.5, 0.6) is 0 Å². The molecule has 4 nitrogen and oxygen atoms in total. The number of hydrogen-bond acceptors (Lipinski definition) is 3. The van der Waals surface area contributed by atoms with Crippen LogP contribution in [0.1, 0.15) is 12.8 Å². The second-order valence-corrected chi connectivity index (χ2v) is 2.68. The molecule has 14 heavy (non-hydrogen) atoms. The Kier molecular flexibility index (Phi) is 6.70. The van der Waals surface area contributed by atoms with E-state index in [9.17, 15) is 4.79 Å². The molecule has 1 aromatic heterocycles. The van der Waals surface area contributed by atoms with E-state index in [2.05, 4.69) is 10.3 Å². The molecule has 0 spiro atoms. The number of halogens is 1. The molecule has 0 aromatic carbocycles. The Morgan fingerprint density at radius 1 is 1.43 bits per heavy atom. The first-order valence-corrected chi connectivity index (χ1v) is 4.23. The molecule has 0 radical (unpaired) electrons. The highest BCUT2D eigenvalue weighted by Gasteiger charge is 1.99. The zero-order valence-corrected chi connectivity index (χ0v) is 8.59. The van der Waals surface area contributed by atoms with Crippen molar-refractivity contribution in [1.29, 1.82) is 0 Å². The van der Waals surface area contributed by atoms with Crippen LogP contribution in [0.2, 0.25) is 0 Å². The number of nitrogens with one attached hydrogen (secondary N) is 1. The summed E-state index contributed by atoms with van der Waals surface area (Å²) in [4.78, 5) is 15.0. The van der Waals surface area contributed by atoms with E-state index in [-0.39, 0.29) is 18.3 Å². The van der Waals surface area contributed by atoms with Crippen molar-refractivity contribution in [2.75, 3.05) is 11.9 Å². The fraction of sp³-hybridized carbons (Fsp3) is 0.333. The number of carbonyl (C=O) groups excluding carboxylic acids is 1.